The predicted molar refractivity (Wildman–Crippen MR) is 114 cm³/mol. The van der Waals surface area contributed by atoms with E-state index < -0.39 is 17.5 Å². The van der Waals surface area contributed by atoms with Crippen molar-refractivity contribution >= 4 is 16.7 Å². The Hall–Kier alpha value is -1.91. The average molecular weight is 404 g/mol. The van der Waals surface area contributed by atoms with Gasteiger partial charge in [0.25, 0.3) is 0 Å². The number of para-hydroxylation sites is 1. The molecule has 0 amide bonds. The van der Waals surface area contributed by atoms with E-state index in [4.69, 9.17) is 9.47 Å². The Kier molecular flexibility index (Phi) is 3.12. The van der Waals surface area contributed by atoms with Crippen molar-refractivity contribution in [1.82, 2.24) is 4.98 Å². The van der Waals surface area contributed by atoms with Crippen molar-refractivity contribution < 1.29 is 14.3 Å². The molecule has 1 N–H and O–H groups in total. The van der Waals surface area contributed by atoms with Crippen molar-refractivity contribution in [1.29, 1.82) is 0 Å². The second-order valence-corrected chi connectivity index (χ2v) is 11.1. The molecule has 2 aromatic rings. The topological polar surface area (TPSA) is 51.3 Å². The first kappa shape index (κ1) is 17.7. The number of carbonyl (C=O) groups is 1. The molecule has 1 aromatic heterocycles. The second kappa shape index (κ2) is 5.28. The van der Waals surface area contributed by atoms with Gasteiger partial charge in [-0.25, -0.2) is 0 Å². The van der Waals surface area contributed by atoms with Crippen LogP contribution in [0.25, 0.3) is 10.9 Å². The van der Waals surface area contributed by atoms with Crippen LogP contribution in [0.1, 0.15) is 63.6 Å². The van der Waals surface area contributed by atoms with Crippen LogP contribution in [0.4, 0.5) is 0 Å². The molecular weight excluding hydrogens is 374 g/mol. The Morgan fingerprint density at radius 2 is 1.93 bits per heavy atom. The van der Waals surface area contributed by atoms with E-state index in [1.165, 1.54) is 35.0 Å². The number of ketones is 1. The first-order valence-corrected chi connectivity index (χ1v) is 11.6. The summed E-state index contributed by atoms with van der Waals surface area (Å²) in [7, 11) is 0. The summed E-state index contributed by atoms with van der Waals surface area (Å²) in [4.78, 5) is 16.8. The monoisotopic (exact) mass is 403 g/mol. The number of aromatic nitrogens is 1. The fraction of sp³-hybridized carbons (Fsp3) is 0.577. The normalized spacial score (nSPS) is 43.0. The summed E-state index contributed by atoms with van der Waals surface area (Å²) in [6.45, 7) is 6.47. The van der Waals surface area contributed by atoms with Crippen molar-refractivity contribution in [3.8, 4) is 0 Å². The molecule has 3 heterocycles. The maximum atomic E-state index is 13.0. The SMILES string of the molecule is CC1(C)OC23CCC4(C)C(CCC5Cc6c([nH]c7ccccc67)C54)C2=CC(=O)C1O3. The molecular formula is C26H29NO3. The van der Waals surface area contributed by atoms with Gasteiger partial charge in [0.05, 0.1) is 0 Å². The van der Waals surface area contributed by atoms with E-state index in [-0.39, 0.29) is 11.2 Å². The molecule has 2 aliphatic heterocycles. The van der Waals surface area contributed by atoms with Gasteiger partial charge in [0, 0.05) is 28.9 Å². The number of nitrogens with one attached hydrogen (secondary N) is 1. The minimum Gasteiger partial charge on any atom is -0.358 e. The Balaban J connectivity index is 1.36. The van der Waals surface area contributed by atoms with E-state index in [1.807, 2.05) is 19.9 Å². The minimum atomic E-state index is -0.680. The van der Waals surface area contributed by atoms with Gasteiger partial charge in [-0.3, -0.25) is 4.79 Å². The number of benzene rings is 1. The second-order valence-electron chi connectivity index (χ2n) is 11.1. The van der Waals surface area contributed by atoms with E-state index in [1.54, 1.807) is 0 Å². The molecule has 5 aliphatic rings. The van der Waals surface area contributed by atoms with Gasteiger partial charge in [-0.05, 0) is 80.1 Å². The van der Waals surface area contributed by atoms with Gasteiger partial charge in [-0.1, -0.05) is 25.1 Å². The van der Waals surface area contributed by atoms with Crippen LogP contribution in [-0.4, -0.2) is 28.3 Å². The van der Waals surface area contributed by atoms with Gasteiger partial charge in [-0.15, -0.1) is 0 Å². The minimum absolute atomic E-state index is 0.0900. The molecule has 156 valence electrons. The lowest BCUT2D eigenvalue weighted by Crippen LogP contribution is -2.54. The van der Waals surface area contributed by atoms with Crippen LogP contribution in [0.3, 0.4) is 0 Å². The third kappa shape index (κ3) is 1.94. The summed E-state index contributed by atoms with van der Waals surface area (Å²) in [6, 6.07) is 8.74. The van der Waals surface area contributed by atoms with Gasteiger partial charge in [0.1, 0.15) is 5.60 Å². The van der Waals surface area contributed by atoms with Crippen LogP contribution in [0.5, 0.6) is 0 Å². The van der Waals surface area contributed by atoms with Crippen LogP contribution < -0.4 is 0 Å². The highest BCUT2D eigenvalue weighted by Gasteiger charge is 2.66. The van der Waals surface area contributed by atoms with Gasteiger partial charge in [0.15, 0.2) is 17.7 Å². The third-order valence-corrected chi connectivity index (χ3v) is 9.16. The number of ether oxygens (including phenoxy) is 2. The van der Waals surface area contributed by atoms with E-state index in [9.17, 15) is 4.79 Å². The highest BCUT2D eigenvalue weighted by Crippen LogP contribution is 2.68. The highest BCUT2D eigenvalue weighted by atomic mass is 16.8. The Labute approximate surface area is 177 Å². The number of aromatic amines is 1. The molecule has 6 atom stereocenters. The molecule has 3 fully saturated rings. The molecule has 30 heavy (non-hydrogen) atoms. The third-order valence-electron chi connectivity index (χ3n) is 9.16. The van der Waals surface area contributed by atoms with E-state index in [0.29, 0.717) is 17.8 Å². The van der Waals surface area contributed by atoms with Crippen molar-refractivity contribution in [2.75, 3.05) is 0 Å². The highest BCUT2D eigenvalue weighted by molar-refractivity contribution is 5.97. The summed E-state index contributed by atoms with van der Waals surface area (Å²) < 4.78 is 12.9. The zero-order chi connectivity index (χ0) is 20.5. The van der Waals surface area contributed by atoms with E-state index in [2.05, 4.69) is 36.2 Å². The summed E-state index contributed by atoms with van der Waals surface area (Å²) in [5.74, 6) is 0.955. The molecule has 4 nitrogen and oxygen atoms in total. The Bertz CT molecular complexity index is 1140. The van der Waals surface area contributed by atoms with Gasteiger partial charge in [-0.2, -0.15) is 0 Å². The molecule has 0 radical (unpaired) electrons. The van der Waals surface area contributed by atoms with Crippen LogP contribution >= 0.6 is 0 Å². The van der Waals surface area contributed by atoms with Gasteiger partial charge < -0.3 is 14.5 Å². The first-order valence-electron chi connectivity index (χ1n) is 11.6. The van der Waals surface area contributed by atoms with Crippen LogP contribution in [-0.2, 0) is 20.7 Å². The fourth-order valence-electron chi connectivity index (χ4n) is 7.98. The molecule has 4 heteroatoms. The number of hydrogen-bond acceptors (Lipinski definition) is 3. The molecule has 3 aliphatic carbocycles. The summed E-state index contributed by atoms with van der Waals surface area (Å²) in [6.07, 6.45) is 6.88. The van der Waals surface area contributed by atoms with Crippen molar-refractivity contribution in [2.24, 2.45) is 17.3 Å². The zero-order valence-electron chi connectivity index (χ0n) is 18.0. The van der Waals surface area contributed by atoms with E-state index >= 15 is 0 Å². The lowest BCUT2D eigenvalue weighted by atomic mass is 9.50. The Morgan fingerprint density at radius 3 is 2.80 bits per heavy atom. The number of fused-ring (bicyclic) bond motifs is 9. The largest absolute Gasteiger partial charge is 0.358 e. The molecule has 2 bridgehead atoms. The van der Waals surface area contributed by atoms with Crippen molar-refractivity contribution in [3.63, 3.8) is 0 Å². The van der Waals surface area contributed by atoms with Crippen molar-refractivity contribution in [2.45, 2.75) is 76.3 Å². The van der Waals surface area contributed by atoms with Crippen LogP contribution in [0.2, 0.25) is 0 Å². The lowest BCUT2D eigenvalue weighted by molar-refractivity contribution is -0.199. The smallest absolute Gasteiger partial charge is 0.193 e. The van der Waals surface area contributed by atoms with Gasteiger partial charge >= 0.3 is 0 Å². The maximum absolute atomic E-state index is 13.0. The predicted octanol–water partition coefficient (Wildman–Crippen LogP) is 5.03. The number of H-pyrrole nitrogens is 1. The fourth-order valence-corrected chi connectivity index (χ4v) is 7.98. The van der Waals surface area contributed by atoms with E-state index in [0.717, 1.165) is 24.8 Å². The average Bonchev–Trinajstić information content (AvgIpc) is 3.31. The molecule has 2 saturated carbocycles. The lowest BCUT2D eigenvalue weighted by Gasteiger charge is -2.57. The molecule has 7 rings (SSSR count). The molecule has 1 aromatic carbocycles. The quantitative estimate of drug-likeness (QED) is 0.671. The molecule has 6 unspecified atom stereocenters. The number of hydrogen-bond donors (Lipinski definition) is 1. The standard InChI is InChI=1S/C26H29NO3/c1-24(2)23-20(28)13-18-17-9-8-14-12-16-15-6-4-5-7-19(15)27-22(16)21(14)25(17,3)10-11-26(18,29-23)30-24/h4-7,13-14,17,21,23,27H,8-12H2,1-3H3. The zero-order valence-corrected chi connectivity index (χ0v) is 18.0. The summed E-state index contributed by atoms with van der Waals surface area (Å²) >= 11 is 0. The number of carbonyl (C=O) groups excluding carboxylic acids is 1. The Morgan fingerprint density at radius 1 is 1.10 bits per heavy atom. The van der Waals surface area contributed by atoms with Crippen molar-refractivity contribution in [3.05, 3.63) is 47.2 Å². The maximum Gasteiger partial charge on any atom is 0.193 e. The molecule has 1 saturated heterocycles. The summed E-state index contributed by atoms with van der Waals surface area (Å²) in [5, 5.41) is 1.40. The van der Waals surface area contributed by atoms with Crippen LogP contribution in [0, 0.1) is 17.3 Å². The van der Waals surface area contributed by atoms with Gasteiger partial charge in [0.2, 0.25) is 0 Å². The number of rotatable bonds is 0. The summed E-state index contributed by atoms with van der Waals surface area (Å²) in [5.41, 5.74) is 4.95. The first-order chi connectivity index (χ1) is 14.3. The molecule has 1 spiro atoms. The van der Waals surface area contributed by atoms with Crippen LogP contribution in [0.15, 0.2) is 35.9 Å².